The topological polar surface area (TPSA) is 57.6 Å². The van der Waals surface area contributed by atoms with Gasteiger partial charge >= 0.3 is 0 Å². The van der Waals surface area contributed by atoms with E-state index >= 15 is 0 Å². The maximum absolute atomic E-state index is 9.19. The van der Waals surface area contributed by atoms with Crippen LogP contribution in [0.1, 0.15) is 41.7 Å². The first kappa shape index (κ1) is 23.8. The summed E-state index contributed by atoms with van der Waals surface area (Å²) in [5, 5.41) is 1.53. The predicted molar refractivity (Wildman–Crippen MR) is 137 cm³/mol. The molecular weight excluding hydrogens is 458 g/mol. The molecule has 0 radical (unpaired) electrons. The number of nitrogens with zero attached hydrogens (tertiary/aromatic N) is 1. The van der Waals surface area contributed by atoms with Crippen molar-refractivity contribution in [3.8, 4) is 0 Å². The highest BCUT2D eigenvalue weighted by atomic mass is 32.2. The minimum Gasteiger partial charge on any atom is -0.300 e. The monoisotopic (exact) mass is 489 g/mol. The van der Waals surface area contributed by atoms with Gasteiger partial charge in [0.05, 0.1) is 6.26 Å². The van der Waals surface area contributed by atoms with Crippen molar-refractivity contribution in [2.24, 2.45) is 0 Å². The first-order valence-electron chi connectivity index (χ1n) is 10.9. The molecule has 0 atom stereocenters. The van der Waals surface area contributed by atoms with Crippen molar-refractivity contribution >= 4 is 43.3 Å². The molecule has 0 amide bonds. The fraction of sp³-hybridized carbons (Fsp3) is 0.440. The van der Waals surface area contributed by atoms with Crippen molar-refractivity contribution in [1.82, 2.24) is 4.90 Å². The van der Waals surface area contributed by atoms with Gasteiger partial charge in [0.2, 0.25) is 0 Å². The van der Waals surface area contributed by atoms with E-state index in [9.17, 15) is 8.42 Å². The SMILES string of the molecule is CN(C)C1(c2ccccc2)CCC2(CC1)SCCc1sc3ccccc3c12.CS(=O)(=O)O. The van der Waals surface area contributed by atoms with Crippen molar-refractivity contribution < 1.29 is 13.0 Å². The molecule has 0 saturated heterocycles. The summed E-state index contributed by atoms with van der Waals surface area (Å²) in [7, 11) is 0.870. The van der Waals surface area contributed by atoms with Crippen LogP contribution in [0.15, 0.2) is 54.6 Å². The highest BCUT2D eigenvalue weighted by Crippen LogP contribution is 2.59. The molecule has 1 N–H and O–H groups in total. The number of thioether (sulfide) groups is 1. The molecule has 1 aliphatic carbocycles. The van der Waals surface area contributed by atoms with Gasteiger partial charge in [-0.05, 0) is 74.5 Å². The summed E-state index contributed by atoms with van der Waals surface area (Å²) >= 11 is 4.29. The number of aryl methyl sites for hydroxylation is 1. The highest BCUT2D eigenvalue weighted by Gasteiger charge is 2.48. The van der Waals surface area contributed by atoms with Crippen molar-refractivity contribution in [2.45, 2.75) is 42.4 Å². The Morgan fingerprint density at radius 2 is 1.53 bits per heavy atom. The molecule has 3 aromatic rings. The van der Waals surface area contributed by atoms with Crippen molar-refractivity contribution in [3.05, 3.63) is 70.6 Å². The van der Waals surface area contributed by atoms with Crippen LogP contribution in [-0.4, -0.2) is 44.0 Å². The third-order valence-corrected chi connectivity index (χ3v) is 9.69. The third kappa shape index (κ3) is 4.64. The Bertz CT molecular complexity index is 1170. The van der Waals surface area contributed by atoms with Crippen LogP contribution in [-0.2, 0) is 26.8 Å². The van der Waals surface area contributed by atoms with E-state index in [4.69, 9.17) is 4.55 Å². The molecule has 2 aliphatic rings. The molecule has 1 saturated carbocycles. The molecule has 1 fully saturated rings. The van der Waals surface area contributed by atoms with Crippen LogP contribution in [0.3, 0.4) is 0 Å². The first-order valence-corrected chi connectivity index (χ1v) is 14.6. The van der Waals surface area contributed by atoms with Gasteiger partial charge in [-0.15, -0.1) is 23.1 Å². The smallest absolute Gasteiger partial charge is 0.261 e. The second-order valence-electron chi connectivity index (χ2n) is 9.01. The number of hydrogen-bond acceptors (Lipinski definition) is 5. The standard InChI is InChI=1S/C24H27NS2.CH4O3S/c1-25(2)23(18-8-4-3-5-9-18)13-15-24(16-14-23)22-19-10-6-7-11-20(19)27-21(22)12-17-26-24;1-5(2,3)4/h3-11H,12-17H2,1-2H3;1H3,(H,2,3,4). The first-order chi connectivity index (χ1) is 15.1. The molecule has 0 bridgehead atoms. The number of benzene rings is 2. The second-order valence-corrected chi connectivity index (χ2v) is 13.1. The van der Waals surface area contributed by atoms with E-state index in [1.165, 1.54) is 53.5 Å². The van der Waals surface area contributed by atoms with E-state index in [1.807, 2.05) is 11.3 Å². The maximum atomic E-state index is 9.19. The third-order valence-electron chi connectivity index (χ3n) is 6.88. The van der Waals surface area contributed by atoms with E-state index < -0.39 is 10.1 Å². The summed E-state index contributed by atoms with van der Waals surface area (Å²) in [6.45, 7) is 0. The summed E-state index contributed by atoms with van der Waals surface area (Å²) in [6.07, 6.45) is 6.99. The zero-order valence-electron chi connectivity index (χ0n) is 18.9. The number of fused-ring (bicyclic) bond motifs is 4. The lowest BCUT2D eigenvalue weighted by molar-refractivity contribution is 0.0849. The number of hydrogen-bond donors (Lipinski definition) is 1. The van der Waals surface area contributed by atoms with E-state index in [0.29, 0.717) is 11.0 Å². The number of rotatable bonds is 2. The summed E-state index contributed by atoms with van der Waals surface area (Å²) in [4.78, 5) is 4.14. The molecule has 32 heavy (non-hydrogen) atoms. The molecule has 1 aromatic heterocycles. The lowest BCUT2D eigenvalue weighted by Gasteiger charge is -2.51. The Hall–Kier alpha value is -1.38. The van der Waals surface area contributed by atoms with Crippen LogP contribution >= 0.6 is 23.1 Å². The predicted octanol–water partition coefficient (Wildman–Crippen LogP) is 5.92. The molecule has 1 aliphatic heterocycles. The van der Waals surface area contributed by atoms with Crippen LogP contribution in [0.4, 0.5) is 0 Å². The summed E-state index contributed by atoms with van der Waals surface area (Å²) in [5.41, 5.74) is 3.36. The van der Waals surface area contributed by atoms with Crippen LogP contribution in [0.2, 0.25) is 0 Å². The summed E-state index contributed by atoms with van der Waals surface area (Å²) in [6, 6.07) is 20.3. The maximum Gasteiger partial charge on any atom is 0.261 e. The lowest BCUT2D eigenvalue weighted by atomic mass is 9.69. The molecule has 1 spiro atoms. The van der Waals surface area contributed by atoms with Gasteiger partial charge in [0.25, 0.3) is 10.1 Å². The average molecular weight is 490 g/mol. The Kier molecular flexibility index (Phi) is 6.76. The summed E-state index contributed by atoms with van der Waals surface area (Å²) < 4.78 is 27.7. The van der Waals surface area contributed by atoms with E-state index in [2.05, 4.69) is 85.4 Å². The Morgan fingerprint density at radius 3 is 2.16 bits per heavy atom. The van der Waals surface area contributed by atoms with Gasteiger partial charge in [0.15, 0.2) is 0 Å². The average Bonchev–Trinajstić information content (AvgIpc) is 3.14. The zero-order chi connectivity index (χ0) is 23.0. The van der Waals surface area contributed by atoms with Crippen molar-refractivity contribution in [1.29, 1.82) is 0 Å². The second kappa shape index (κ2) is 9.11. The Balaban J connectivity index is 0.000000444. The Morgan fingerprint density at radius 1 is 0.938 bits per heavy atom. The van der Waals surface area contributed by atoms with Gasteiger partial charge in [-0.2, -0.15) is 8.42 Å². The van der Waals surface area contributed by atoms with E-state index in [-0.39, 0.29) is 5.54 Å². The fourth-order valence-corrected chi connectivity index (χ4v) is 8.45. The molecular formula is C25H31NO3S3. The molecule has 2 heterocycles. The largest absolute Gasteiger partial charge is 0.300 e. The zero-order valence-corrected chi connectivity index (χ0v) is 21.3. The normalized spacial score (nSPS) is 25.4. The fourth-order valence-electron chi connectivity index (χ4n) is 5.39. The van der Waals surface area contributed by atoms with Crippen LogP contribution in [0, 0.1) is 0 Å². The van der Waals surface area contributed by atoms with Gasteiger partial charge in [-0.1, -0.05) is 48.5 Å². The minimum atomic E-state index is -3.67. The van der Waals surface area contributed by atoms with Crippen LogP contribution in [0.25, 0.3) is 10.1 Å². The molecule has 172 valence electrons. The molecule has 5 rings (SSSR count). The summed E-state index contributed by atoms with van der Waals surface area (Å²) in [5.74, 6) is 1.28. The van der Waals surface area contributed by atoms with Crippen molar-refractivity contribution in [2.75, 3.05) is 26.1 Å². The minimum absolute atomic E-state index is 0.177. The van der Waals surface area contributed by atoms with Gasteiger partial charge in [-0.25, -0.2) is 0 Å². The van der Waals surface area contributed by atoms with E-state index in [1.54, 1.807) is 10.4 Å². The van der Waals surface area contributed by atoms with Gasteiger partial charge in [-0.3, -0.25) is 9.45 Å². The van der Waals surface area contributed by atoms with Crippen LogP contribution in [0.5, 0.6) is 0 Å². The lowest BCUT2D eigenvalue weighted by Crippen LogP contribution is -2.47. The van der Waals surface area contributed by atoms with Gasteiger partial charge < -0.3 is 0 Å². The van der Waals surface area contributed by atoms with E-state index in [0.717, 1.165) is 0 Å². The molecule has 7 heteroatoms. The Labute approximate surface area is 199 Å². The van der Waals surface area contributed by atoms with Crippen molar-refractivity contribution in [3.63, 3.8) is 0 Å². The highest BCUT2D eigenvalue weighted by molar-refractivity contribution is 8.00. The van der Waals surface area contributed by atoms with Crippen LogP contribution < -0.4 is 0 Å². The van der Waals surface area contributed by atoms with Gasteiger partial charge in [0.1, 0.15) is 0 Å². The number of thiophene rings is 1. The molecule has 2 aromatic carbocycles. The quantitative estimate of drug-likeness (QED) is 0.453. The molecule has 4 nitrogen and oxygen atoms in total. The van der Waals surface area contributed by atoms with Gasteiger partial charge in [0, 0.05) is 19.9 Å². The molecule has 0 unspecified atom stereocenters.